The number of anilines is 2. The van der Waals surface area contributed by atoms with Gasteiger partial charge in [-0.05, 0) is 61.7 Å². The lowest BCUT2D eigenvalue weighted by atomic mass is 9.57. The van der Waals surface area contributed by atoms with Crippen LogP contribution in [0.1, 0.15) is 39.9 Å². The highest BCUT2D eigenvalue weighted by Gasteiger charge is 2.81. The molecule has 0 radical (unpaired) electrons. The number of nitrogens with one attached hydrogen (secondary N) is 2. The summed E-state index contributed by atoms with van der Waals surface area (Å²) in [6.45, 7) is 6.41. The molecule has 2 saturated heterocycles. The molecule has 202 valence electrons. The third kappa shape index (κ3) is 2.86. The van der Waals surface area contributed by atoms with Crippen molar-refractivity contribution in [2.24, 2.45) is 5.92 Å². The van der Waals surface area contributed by atoms with E-state index in [0.29, 0.717) is 51.8 Å². The number of hydrogen-bond acceptors (Lipinski definition) is 5. The molecule has 40 heavy (non-hydrogen) atoms. The lowest BCUT2D eigenvalue weighted by Gasteiger charge is -2.43. The van der Waals surface area contributed by atoms with Crippen LogP contribution in [0.2, 0.25) is 5.02 Å². The Morgan fingerprint density at radius 1 is 1.07 bits per heavy atom. The van der Waals surface area contributed by atoms with E-state index < -0.39 is 16.9 Å². The predicted octanol–water partition coefficient (Wildman–Crippen LogP) is 5.23. The number of carbonyl (C=O) groups is 3. The molecule has 4 aliphatic heterocycles. The number of carbonyl (C=O) groups excluding carboxylic acids is 3. The summed E-state index contributed by atoms with van der Waals surface area (Å²) in [5.74, 6) is -1.29. The number of benzene rings is 3. The minimum Gasteiger partial charge on any atom is -0.489 e. The van der Waals surface area contributed by atoms with Crippen LogP contribution in [0, 0.1) is 12.8 Å². The van der Waals surface area contributed by atoms with E-state index in [1.807, 2.05) is 43.3 Å². The van der Waals surface area contributed by atoms with Crippen LogP contribution < -0.4 is 15.4 Å². The van der Waals surface area contributed by atoms with Gasteiger partial charge in [-0.3, -0.25) is 19.3 Å². The van der Waals surface area contributed by atoms with Crippen LogP contribution in [0.15, 0.2) is 73.3 Å². The van der Waals surface area contributed by atoms with Gasteiger partial charge in [-0.2, -0.15) is 0 Å². The molecule has 4 aliphatic rings. The number of Topliss-reactive ketones (excluding diaryl/α,β-unsaturated/α-hetero) is 1. The molecule has 7 nitrogen and oxygen atoms in total. The van der Waals surface area contributed by atoms with Gasteiger partial charge in [-0.15, -0.1) is 0 Å². The van der Waals surface area contributed by atoms with Crippen molar-refractivity contribution in [3.8, 4) is 5.75 Å². The van der Waals surface area contributed by atoms with Crippen LogP contribution in [0.5, 0.6) is 5.75 Å². The summed E-state index contributed by atoms with van der Waals surface area (Å²) in [5.41, 5.74) is 0.745. The first-order chi connectivity index (χ1) is 19.4. The molecule has 0 saturated carbocycles. The molecule has 0 aliphatic carbocycles. The molecule has 4 heterocycles. The number of halogens is 1. The quantitative estimate of drug-likeness (QED) is 0.334. The van der Waals surface area contributed by atoms with Crippen LogP contribution in [-0.2, 0) is 20.5 Å². The fraction of sp³-hybridized carbons (Fsp3) is 0.281. The number of fused-ring (bicyclic) bond motifs is 7. The fourth-order valence-electron chi connectivity index (χ4n) is 7.88. The zero-order valence-corrected chi connectivity index (χ0v) is 22.8. The van der Waals surface area contributed by atoms with Crippen molar-refractivity contribution in [1.82, 2.24) is 4.90 Å². The zero-order valence-electron chi connectivity index (χ0n) is 22.0. The van der Waals surface area contributed by atoms with E-state index in [1.165, 1.54) is 0 Å². The highest BCUT2D eigenvalue weighted by atomic mass is 35.5. The summed E-state index contributed by atoms with van der Waals surface area (Å²) >= 11 is 6.51. The Hall–Kier alpha value is -3.94. The summed E-state index contributed by atoms with van der Waals surface area (Å²) in [4.78, 5) is 46.2. The summed E-state index contributed by atoms with van der Waals surface area (Å²) in [5, 5.41) is 6.69. The van der Waals surface area contributed by atoms with Gasteiger partial charge in [0.2, 0.25) is 5.91 Å². The lowest BCUT2D eigenvalue weighted by molar-refractivity contribution is -0.137. The van der Waals surface area contributed by atoms with Crippen molar-refractivity contribution in [3.63, 3.8) is 0 Å². The van der Waals surface area contributed by atoms with Gasteiger partial charge < -0.3 is 15.4 Å². The monoisotopic (exact) mass is 553 g/mol. The predicted molar refractivity (Wildman–Crippen MR) is 153 cm³/mol. The van der Waals surface area contributed by atoms with Crippen molar-refractivity contribution < 1.29 is 19.1 Å². The van der Waals surface area contributed by atoms with Crippen LogP contribution in [0.25, 0.3) is 0 Å². The first kappa shape index (κ1) is 25.1. The van der Waals surface area contributed by atoms with Crippen molar-refractivity contribution in [1.29, 1.82) is 0 Å². The van der Waals surface area contributed by atoms with Crippen LogP contribution in [-0.4, -0.2) is 41.7 Å². The third-order valence-corrected chi connectivity index (χ3v) is 9.67. The van der Waals surface area contributed by atoms with E-state index in [2.05, 4.69) is 22.1 Å². The Bertz CT molecular complexity index is 1640. The summed E-state index contributed by atoms with van der Waals surface area (Å²) < 4.78 is 5.90. The maximum absolute atomic E-state index is 14.9. The topological polar surface area (TPSA) is 87.7 Å². The van der Waals surface area contributed by atoms with E-state index in [4.69, 9.17) is 16.3 Å². The smallest absolute Gasteiger partial charge is 0.251 e. The Balaban J connectivity index is 1.56. The molecule has 2 fully saturated rings. The van der Waals surface area contributed by atoms with Gasteiger partial charge >= 0.3 is 0 Å². The zero-order chi connectivity index (χ0) is 27.8. The largest absolute Gasteiger partial charge is 0.489 e. The van der Waals surface area contributed by atoms with Gasteiger partial charge in [0.25, 0.3) is 5.91 Å². The molecule has 3 aromatic rings. The Labute approximate surface area is 237 Å². The molecule has 8 heteroatoms. The van der Waals surface area contributed by atoms with Gasteiger partial charge in [0.05, 0.1) is 17.2 Å². The van der Waals surface area contributed by atoms with Crippen LogP contribution >= 0.6 is 11.6 Å². The van der Waals surface area contributed by atoms with Gasteiger partial charge in [0.1, 0.15) is 23.3 Å². The first-order valence-corrected chi connectivity index (χ1v) is 13.9. The van der Waals surface area contributed by atoms with E-state index >= 15 is 0 Å². The summed E-state index contributed by atoms with van der Waals surface area (Å²) in [6, 6.07) is 17.8. The van der Waals surface area contributed by atoms with Crippen molar-refractivity contribution in [3.05, 3.63) is 101 Å². The third-order valence-electron chi connectivity index (χ3n) is 9.26. The van der Waals surface area contributed by atoms with E-state index in [9.17, 15) is 14.4 Å². The van der Waals surface area contributed by atoms with Crippen molar-refractivity contribution in [2.75, 3.05) is 23.8 Å². The Morgan fingerprint density at radius 3 is 2.67 bits per heavy atom. The number of ketones is 1. The number of nitrogens with zero attached hydrogens (tertiary/aromatic N) is 1. The molecule has 0 bridgehead atoms. The number of hydrogen-bond donors (Lipinski definition) is 2. The van der Waals surface area contributed by atoms with Gasteiger partial charge in [-0.1, -0.05) is 60.7 Å². The molecule has 4 atom stereocenters. The summed E-state index contributed by atoms with van der Waals surface area (Å²) in [7, 11) is 0. The molecule has 7 rings (SSSR count). The highest BCUT2D eigenvalue weighted by Crippen LogP contribution is 2.68. The van der Waals surface area contributed by atoms with Crippen molar-refractivity contribution >= 4 is 40.6 Å². The van der Waals surface area contributed by atoms with E-state index in [-0.39, 0.29) is 30.2 Å². The average molecular weight is 554 g/mol. The van der Waals surface area contributed by atoms with Gasteiger partial charge in [0, 0.05) is 22.3 Å². The van der Waals surface area contributed by atoms with Gasteiger partial charge in [0.15, 0.2) is 5.78 Å². The normalized spacial score (nSPS) is 27.9. The molecular weight excluding hydrogens is 526 g/mol. The Kier molecular flexibility index (Phi) is 5.50. The first-order valence-electron chi connectivity index (χ1n) is 13.5. The number of rotatable bonds is 5. The standard InChI is InChI=1S/C32H28ClN3O4/c1-3-17-40-25-13-7-4-9-19(25)28(37)26-24-12-8-16-36(24)32(21-14-15-22(33)18(2)27(21)35-30(32)39)31(26)20-10-5-6-11-23(20)34-29(31)38/h3-7,9-11,13-15,24,26H,1,8,12,16-17H2,2H3,(H,34,38)(H,35,39)/t24-,26-,31+,32+/m0/s1. The number of ether oxygens (including phenoxy) is 1. The second-order valence-electron chi connectivity index (χ2n) is 10.9. The average Bonchev–Trinajstić information content (AvgIpc) is 3.68. The molecule has 0 unspecified atom stereocenters. The number of amides is 2. The van der Waals surface area contributed by atoms with Crippen molar-refractivity contribution in [2.45, 2.75) is 36.8 Å². The number of para-hydroxylation sites is 2. The maximum atomic E-state index is 14.9. The molecule has 2 spiro atoms. The minimum atomic E-state index is -1.52. The Morgan fingerprint density at radius 2 is 1.85 bits per heavy atom. The SMILES string of the molecule is C=CCOc1ccccc1C(=O)[C@@H]1[C@@H]2CCCN2[C@]2(C(=O)Nc3c2ccc(Cl)c3C)[C@@]12C(=O)Nc1ccccc12. The van der Waals surface area contributed by atoms with Crippen LogP contribution in [0.4, 0.5) is 11.4 Å². The van der Waals surface area contributed by atoms with Gasteiger partial charge in [-0.25, -0.2) is 0 Å². The fourth-order valence-corrected chi connectivity index (χ4v) is 8.04. The molecular formula is C32H28ClN3O4. The lowest BCUT2D eigenvalue weighted by Crippen LogP contribution is -2.62. The second-order valence-corrected chi connectivity index (χ2v) is 11.3. The highest BCUT2D eigenvalue weighted by molar-refractivity contribution is 6.32. The van der Waals surface area contributed by atoms with Crippen LogP contribution in [0.3, 0.4) is 0 Å². The molecule has 0 aromatic heterocycles. The molecule has 3 aromatic carbocycles. The van der Waals surface area contributed by atoms with E-state index in [0.717, 1.165) is 12.0 Å². The molecule has 2 N–H and O–H groups in total. The minimum absolute atomic E-state index is 0.216. The maximum Gasteiger partial charge on any atom is 0.251 e. The second kappa shape index (κ2) is 8.78. The summed E-state index contributed by atoms with van der Waals surface area (Å²) in [6.07, 6.45) is 3.11. The molecule has 2 amide bonds. The van der Waals surface area contributed by atoms with E-state index in [1.54, 1.807) is 30.3 Å².